The van der Waals surface area contributed by atoms with E-state index in [1.807, 2.05) is 99.4 Å². The summed E-state index contributed by atoms with van der Waals surface area (Å²) in [5, 5.41) is 110. The fraction of sp³-hybridized carbons (Fsp3) is 0.568. The van der Waals surface area contributed by atoms with E-state index in [2.05, 4.69) is 122 Å². The molecule has 0 aliphatic heterocycles. The van der Waals surface area contributed by atoms with E-state index in [0.717, 1.165) is 124 Å². The number of ether oxygens (including phenoxy) is 5. The van der Waals surface area contributed by atoms with Gasteiger partial charge in [-0.2, -0.15) is 0 Å². The number of unbranched alkanes of at least 4 members (excludes halogenated alkanes) is 3. The molecule has 0 aliphatic carbocycles. The highest BCUT2D eigenvalue weighted by atomic mass is 16.6. The number of aliphatic hydroxyl groups is 10. The molecule has 0 aliphatic rings. The molecule has 0 aromatic heterocycles. The smallest absolute Gasteiger partial charge is 0.333 e. The van der Waals surface area contributed by atoms with Gasteiger partial charge in [-0.25, -0.2) is 24.0 Å². The normalized spacial score (nSPS) is 11.7. The molecule has 0 amide bonds. The highest BCUT2D eigenvalue weighted by Gasteiger charge is 2.21. The Morgan fingerprint density at radius 2 is 0.630 bits per heavy atom. The number of carboxylic acid groups (broad SMARTS) is 2. The lowest BCUT2D eigenvalue weighted by atomic mass is 10.1. The van der Waals surface area contributed by atoms with Crippen molar-refractivity contribution in [3.8, 4) is 0 Å². The third-order valence-electron chi connectivity index (χ3n) is 17.7. The molecule has 3 aromatic carbocycles. The molecule has 0 radical (unpaired) electrons. The van der Waals surface area contributed by atoms with Crippen molar-refractivity contribution in [2.24, 2.45) is 5.73 Å². The quantitative estimate of drug-likeness (QED) is 0.0152. The van der Waals surface area contributed by atoms with Crippen LogP contribution in [0.15, 0.2) is 154 Å². The number of aliphatic carboxylic acids is 2. The SMILES string of the molecule is C=C(C)C(=O)OCC(O)CN(CC(=O)O)CC(=O)O.C=C(C)C(=O)OCC(O)CN(CC)CC.C=C(C)C(=O)OCC(O)CN(CCCC)CCCC.C=C(C)C(=O)OCC(O)CN(CCO)CCO.C=CC(=O)OCC(O)CN(CC)CC.C=Cc1ccc(CN(CCO)CCCC)cc1.C=Cc1ccc(CN(CCO)CCO)cc1.C=Cc1cccc(CN)c1. The zero-order chi connectivity index (χ0) is 97.5. The van der Waals surface area contributed by atoms with Crippen molar-refractivity contribution in [2.75, 3.05) is 190 Å². The Morgan fingerprint density at radius 3 is 0.890 bits per heavy atom. The van der Waals surface area contributed by atoms with Gasteiger partial charge in [0, 0.05) is 113 Å². The van der Waals surface area contributed by atoms with Gasteiger partial charge in [0.2, 0.25) is 0 Å². The van der Waals surface area contributed by atoms with Crippen molar-refractivity contribution >= 4 is 60.0 Å². The van der Waals surface area contributed by atoms with E-state index in [-0.39, 0.29) is 90.3 Å². The minimum absolute atomic E-state index is 0.0291. The van der Waals surface area contributed by atoms with Crippen LogP contribution in [0.4, 0.5) is 0 Å². The Hall–Kier alpha value is -8.85. The van der Waals surface area contributed by atoms with Crippen molar-refractivity contribution in [3.63, 3.8) is 0 Å². The highest BCUT2D eigenvalue weighted by molar-refractivity contribution is 5.88. The molecule has 0 bridgehead atoms. The van der Waals surface area contributed by atoms with E-state index in [1.54, 1.807) is 18.7 Å². The van der Waals surface area contributed by atoms with Gasteiger partial charge in [-0.05, 0) is 126 Å². The van der Waals surface area contributed by atoms with E-state index in [4.69, 9.17) is 60.4 Å². The van der Waals surface area contributed by atoms with Gasteiger partial charge in [0.1, 0.15) is 63.6 Å². The Bertz CT molecular complexity index is 3420. The summed E-state index contributed by atoms with van der Waals surface area (Å²) in [4.78, 5) is 89.5. The minimum Gasteiger partial charge on any atom is -0.480 e. The van der Waals surface area contributed by atoms with Crippen LogP contribution in [0, 0.1) is 0 Å². The number of hydrogen-bond acceptors (Lipinski definition) is 30. The molecule has 32 heteroatoms. The summed E-state index contributed by atoms with van der Waals surface area (Å²) < 4.78 is 24.0. The van der Waals surface area contributed by atoms with Crippen LogP contribution in [0.1, 0.15) is 148 Å². The van der Waals surface area contributed by atoms with Crippen molar-refractivity contribution < 1.29 is 119 Å². The van der Waals surface area contributed by atoms with Crippen LogP contribution in [0.3, 0.4) is 0 Å². The van der Waals surface area contributed by atoms with E-state index in [0.29, 0.717) is 63.5 Å². The second-order valence-corrected chi connectivity index (χ2v) is 29.4. The van der Waals surface area contributed by atoms with E-state index in [1.165, 1.54) is 37.8 Å². The molecule has 0 saturated heterocycles. The number of aliphatic hydroxyl groups excluding tert-OH is 10. The number of rotatable bonds is 60. The first kappa shape index (κ1) is 127. The van der Waals surface area contributed by atoms with Crippen molar-refractivity contribution in [1.82, 2.24) is 34.3 Å². The summed E-state index contributed by atoms with van der Waals surface area (Å²) in [5.74, 6) is -5.04. The predicted molar refractivity (Wildman–Crippen MR) is 503 cm³/mol. The summed E-state index contributed by atoms with van der Waals surface area (Å²) in [6.45, 7) is 60.8. The van der Waals surface area contributed by atoms with E-state index >= 15 is 0 Å². The van der Waals surface area contributed by atoms with Gasteiger partial charge < -0.3 is 105 Å². The predicted octanol–water partition coefficient (Wildman–Crippen LogP) is 7.11. The molecule has 0 heterocycles. The maximum Gasteiger partial charge on any atom is 0.333 e. The maximum absolute atomic E-state index is 11.2. The number of nitrogens with zero attached hydrogens (tertiary/aromatic N) is 7. The summed E-state index contributed by atoms with van der Waals surface area (Å²) in [5.41, 5.74) is 13.6. The summed E-state index contributed by atoms with van der Waals surface area (Å²) >= 11 is 0. The lowest BCUT2D eigenvalue weighted by Crippen LogP contribution is -2.41. The van der Waals surface area contributed by atoms with Gasteiger partial charge in [-0.3, -0.25) is 29.2 Å². The van der Waals surface area contributed by atoms with Gasteiger partial charge in [0.05, 0.1) is 46.1 Å². The second-order valence-electron chi connectivity index (χ2n) is 29.4. The molecule has 724 valence electrons. The van der Waals surface area contributed by atoms with E-state index < -0.39 is 85.4 Å². The van der Waals surface area contributed by atoms with Crippen molar-refractivity contribution in [1.29, 1.82) is 0 Å². The summed E-state index contributed by atoms with van der Waals surface area (Å²) in [6.07, 6.45) is 9.57. The molecule has 0 fully saturated rings. The molecule has 5 unspecified atom stereocenters. The molecule has 5 atom stereocenters. The molecule has 14 N–H and O–H groups in total. The summed E-state index contributed by atoms with van der Waals surface area (Å²) in [6, 6.07) is 24.6. The van der Waals surface area contributed by atoms with Crippen molar-refractivity contribution in [3.05, 3.63) is 187 Å². The third kappa shape index (κ3) is 75.8. The number of hydrogen-bond donors (Lipinski definition) is 13. The molecule has 32 nitrogen and oxygen atoms in total. The first-order chi connectivity index (χ1) is 60.3. The Kier molecular flexibility index (Phi) is 83.8. The zero-order valence-corrected chi connectivity index (χ0v) is 78.1. The number of nitrogens with two attached hydrogens (primary N) is 1. The van der Waals surface area contributed by atoms with Gasteiger partial charge in [-0.15, -0.1) is 0 Å². The van der Waals surface area contributed by atoms with Gasteiger partial charge in [0.25, 0.3) is 0 Å². The van der Waals surface area contributed by atoms with Crippen molar-refractivity contribution in [2.45, 2.75) is 165 Å². The lowest BCUT2D eigenvalue weighted by Gasteiger charge is -2.24. The number of carboxylic acids is 2. The third-order valence-corrected chi connectivity index (χ3v) is 17.7. The molecule has 0 spiro atoms. The van der Waals surface area contributed by atoms with Gasteiger partial charge in [-0.1, -0.05) is 211 Å². The van der Waals surface area contributed by atoms with Gasteiger partial charge in [0.15, 0.2) is 0 Å². The minimum atomic E-state index is -1.22. The van der Waals surface area contributed by atoms with Crippen LogP contribution in [0.2, 0.25) is 0 Å². The number of carbonyl (C=O) groups excluding carboxylic acids is 5. The van der Waals surface area contributed by atoms with Crippen LogP contribution < -0.4 is 5.73 Å². The molecule has 3 aromatic rings. The van der Waals surface area contributed by atoms with Crippen LogP contribution >= 0.6 is 0 Å². The summed E-state index contributed by atoms with van der Waals surface area (Å²) in [7, 11) is 0. The Balaban J connectivity index is -0.000000449. The second kappa shape index (κ2) is 84.0. The average Bonchev–Trinajstić information content (AvgIpc) is 0.913. The van der Waals surface area contributed by atoms with Crippen LogP contribution in [-0.2, 0) is 76.9 Å². The lowest BCUT2D eigenvalue weighted by molar-refractivity contribution is -0.146. The number of esters is 5. The Morgan fingerprint density at radius 1 is 0.362 bits per heavy atom. The standard InChI is InChI=1S/C15H29NO3.C15H23NO.C13H19NO2.C11H17NO7.C11H21NO5.C11H21NO3.C10H19NO3.C9H11N/c1-5-7-9-16(10-8-6-2)11-14(17)12-19-15(18)13(3)4;1-3-5-10-16(11-12-17)13-15-8-6-14(4-2)7-9-15;1-2-12-3-5-13(6-4-12)11-14(7-9-15)8-10-16;1-7(2)11(18)19-6-8(13)3-12(4-9(14)15)5-10(16)17;1-9(2)11(16)17-8-10(15)7-12(3-5-13)4-6-14;1-5-12(6-2)7-10(13)8-15-11(14)9(3)4;1-4-10(13)14-8-9(12)7-11(5-2)6-3;1-2-8-4-3-5-9(6-8)7-10/h14,17H,3,5-12H2,1-2,4H3;4,6-9,17H,2-3,5,10-13H2,1H3;2-6,15-16H,1,7-11H2;8,13H,1,3-6H2,2H3,(H,14,15)(H,16,17);10,13-15H,1,3-8H2,2H3;10,13H,3,5-8H2,1-2,4H3;4,9,12H,1,5-8H2,2-3H3;2-6H,1,7,10H2. The first-order valence-electron chi connectivity index (χ1n) is 43.2. The number of carbonyl (C=O) groups is 7. The van der Waals surface area contributed by atoms with E-state index in [9.17, 15) is 59.1 Å². The van der Waals surface area contributed by atoms with Gasteiger partial charge >= 0.3 is 41.8 Å². The fourth-order valence-corrected chi connectivity index (χ4v) is 10.6. The topological polar surface area (TPSA) is 457 Å². The van der Waals surface area contributed by atoms with Crippen LogP contribution in [0.5, 0.6) is 0 Å². The zero-order valence-electron chi connectivity index (χ0n) is 78.1. The monoisotopic (exact) mass is 1800 g/mol. The van der Waals surface area contributed by atoms with Crippen LogP contribution in [-0.4, -0.2) is 358 Å². The maximum atomic E-state index is 11.2. The number of likely N-dealkylation sites (N-methyl/N-ethyl adjacent to an activating group) is 2. The molecular weight excluding hydrogens is 1640 g/mol. The molecule has 3 rings (SSSR count). The van der Waals surface area contributed by atoms with Crippen LogP contribution in [0.25, 0.3) is 18.2 Å². The average molecular weight is 1800 g/mol. The molecule has 0 saturated carbocycles. The first-order valence-corrected chi connectivity index (χ1v) is 43.2. The molecule has 127 heavy (non-hydrogen) atoms. The molecular formula is C95H160N8O24. The largest absolute Gasteiger partial charge is 0.480 e. The number of benzene rings is 3. The Labute approximate surface area is 757 Å². The fourth-order valence-electron chi connectivity index (χ4n) is 10.6. The highest BCUT2D eigenvalue weighted by Crippen LogP contribution is 2.13.